The molecule has 1 aliphatic heterocycles. The van der Waals surface area contributed by atoms with Gasteiger partial charge >= 0.3 is 5.97 Å². The van der Waals surface area contributed by atoms with Crippen molar-refractivity contribution in [2.45, 2.75) is 0 Å². The third-order valence-corrected chi connectivity index (χ3v) is 3.50. The first kappa shape index (κ1) is 13.7. The van der Waals surface area contributed by atoms with Crippen LogP contribution >= 0.6 is 15.9 Å². The van der Waals surface area contributed by atoms with Crippen molar-refractivity contribution in [2.24, 2.45) is 4.99 Å². The average Bonchev–Trinajstić information content (AvgIpc) is 2.85. The predicted molar refractivity (Wildman–Crippen MR) is 81.1 cm³/mol. The maximum absolute atomic E-state index is 13.2. The second-order valence-electron chi connectivity index (χ2n) is 4.38. The molecule has 0 fully saturated rings. The van der Waals surface area contributed by atoms with Crippen LogP contribution in [0, 0.1) is 5.82 Å². The summed E-state index contributed by atoms with van der Waals surface area (Å²) in [6.45, 7) is 0. The molecule has 21 heavy (non-hydrogen) atoms. The van der Waals surface area contributed by atoms with Gasteiger partial charge in [-0.1, -0.05) is 24.3 Å². The maximum atomic E-state index is 13.2. The van der Waals surface area contributed by atoms with Crippen molar-refractivity contribution in [1.29, 1.82) is 0 Å². The van der Waals surface area contributed by atoms with Crippen molar-refractivity contribution in [1.82, 2.24) is 0 Å². The molecule has 0 atom stereocenters. The summed E-state index contributed by atoms with van der Waals surface area (Å²) in [4.78, 5) is 16.0. The number of hydrogen-bond donors (Lipinski definition) is 0. The van der Waals surface area contributed by atoms with Gasteiger partial charge in [0.2, 0.25) is 5.90 Å². The fourth-order valence-electron chi connectivity index (χ4n) is 1.87. The largest absolute Gasteiger partial charge is 0.402 e. The number of ether oxygens (including phenoxy) is 1. The number of esters is 1. The van der Waals surface area contributed by atoms with Gasteiger partial charge in [-0.15, -0.1) is 0 Å². The van der Waals surface area contributed by atoms with Crippen LogP contribution in [0.15, 0.2) is 63.7 Å². The van der Waals surface area contributed by atoms with E-state index >= 15 is 0 Å². The Bertz CT molecular complexity index is 769. The molecular formula is C16H9BrFNO2. The van der Waals surface area contributed by atoms with Crippen molar-refractivity contribution in [2.75, 3.05) is 0 Å². The van der Waals surface area contributed by atoms with Gasteiger partial charge in [-0.25, -0.2) is 14.2 Å². The number of cyclic esters (lactones) is 1. The van der Waals surface area contributed by atoms with Crippen LogP contribution in [0.2, 0.25) is 0 Å². The zero-order chi connectivity index (χ0) is 14.8. The molecule has 1 heterocycles. The smallest absolute Gasteiger partial charge is 0.363 e. The summed E-state index contributed by atoms with van der Waals surface area (Å²) in [6.07, 6.45) is 1.56. The van der Waals surface area contributed by atoms with Gasteiger partial charge < -0.3 is 4.74 Å². The van der Waals surface area contributed by atoms with E-state index in [9.17, 15) is 9.18 Å². The van der Waals surface area contributed by atoms with Gasteiger partial charge in [0.1, 0.15) is 5.82 Å². The highest BCUT2D eigenvalue weighted by molar-refractivity contribution is 9.10. The molecule has 2 aromatic rings. The quantitative estimate of drug-likeness (QED) is 0.610. The van der Waals surface area contributed by atoms with E-state index in [0.717, 1.165) is 5.56 Å². The first-order valence-corrected chi connectivity index (χ1v) is 6.96. The van der Waals surface area contributed by atoms with E-state index in [-0.39, 0.29) is 17.4 Å². The number of halogens is 2. The SMILES string of the molecule is O=C1OC(c2ccccc2)=NC1=Cc1ccc(F)c(Br)c1. The summed E-state index contributed by atoms with van der Waals surface area (Å²) in [5.74, 6) is -0.609. The van der Waals surface area contributed by atoms with Crippen molar-refractivity contribution in [3.8, 4) is 0 Å². The number of rotatable bonds is 2. The highest BCUT2D eigenvalue weighted by Gasteiger charge is 2.23. The van der Waals surface area contributed by atoms with Crippen LogP contribution in [-0.4, -0.2) is 11.9 Å². The molecule has 0 amide bonds. The molecule has 0 radical (unpaired) electrons. The van der Waals surface area contributed by atoms with Crippen LogP contribution in [0.3, 0.4) is 0 Å². The van der Waals surface area contributed by atoms with Gasteiger partial charge in [0.15, 0.2) is 5.70 Å². The molecule has 0 aromatic heterocycles. The Kier molecular flexibility index (Phi) is 3.66. The molecule has 104 valence electrons. The van der Waals surface area contributed by atoms with Crippen molar-refractivity contribution in [3.05, 3.63) is 75.6 Å². The molecule has 0 N–H and O–H groups in total. The fourth-order valence-corrected chi connectivity index (χ4v) is 2.27. The molecule has 0 bridgehead atoms. The van der Waals surface area contributed by atoms with Crippen LogP contribution in [0.5, 0.6) is 0 Å². The van der Waals surface area contributed by atoms with Crippen molar-refractivity contribution in [3.63, 3.8) is 0 Å². The highest BCUT2D eigenvalue weighted by Crippen LogP contribution is 2.22. The Labute approximate surface area is 128 Å². The lowest BCUT2D eigenvalue weighted by molar-refractivity contribution is -0.129. The number of aliphatic imine (C=N–C) groups is 1. The molecule has 1 aliphatic rings. The van der Waals surface area contributed by atoms with Crippen molar-refractivity contribution < 1.29 is 13.9 Å². The molecule has 0 unspecified atom stereocenters. The predicted octanol–water partition coefficient (Wildman–Crippen LogP) is 3.93. The van der Waals surface area contributed by atoms with E-state index in [2.05, 4.69) is 20.9 Å². The standard InChI is InChI=1S/C16H9BrFNO2/c17-12-8-10(6-7-13(12)18)9-14-16(20)21-15(19-14)11-4-2-1-3-5-11/h1-9H. The van der Waals surface area contributed by atoms with E-state index in [4.69, 9.17) is 4.74 Å². The van der Waals surface area contributed by atoms with Gasteiger partial charge in [0, 0.05) is 5.56 Å². The van der Waals surface area contributed by atoms with Crippen LogP contribution in [0.25, 0.3) is 6.08 Å². The Morgan fingerprint density at radius 1 is 1.14 bits per heavy atom. The molecule has 0 aliphatic carbocycles. The number of carbonyl (C=O) groups is 1. The number of hydrogen-bond acceptors (Lipinski definition) is 3. The number of benzene rings is 2. The lowest BCUT2D eigenvalue weighted by Gasteiger charge is -1.97. The van der Waals surface area contributed by atoms with Gasteiger partial charge in [-0.2, -0.15) is 0 Å². The molecule has 0 spiro atoms. The Morgan fingerprint density at radius 2 is 1.90 bits per heavy atom. The van der Waals surface area contributed by atoms with Gasteiger partial charge in [0.25, 0.3) is 0 Å². The van der Waals surface area contributed by atoms with Gasteiger partial charge in [0.05, 0.1) is 4.47 Å². The van der Waals surface area contributed by atoms with E-state index in [1.807, 2.05) is 30.3 Å². The molecule has 0 saturated heterocycles. The van der Waals surface area contributed by atoms with E-state index in [1.165, 1.54) is 6.07 Å². The fraction of sp³-hybridized carbons (Fsp3) is 0. The molecule has 3 rings (SSSR count). The number of nitrogens with zero attached hydrogens (tertiary/aromatic N) is 1. The highest BCUT2D eigenvalue weighted by atomic mass is 79.9. The summed E-state index contributed by atoms with van der Waals surface area (Å²) in [6, 6.07) is 13.6. The summed E-state index contributed by atoms with van der Waals surface area (Å²) >= 11 is 3.10. The maximum Gasteiger partial charge on any atom is 0.363 e. The first-order chi connectivity index (χ1) is 10.1. The second kappa shape index (κ2) is 5.61. The Hall–Kier alpha value is -2.27. The van der Waals surface area contributed by atoms with Crippen LogP contribution in [0.1, 0.15) is 11.1 Å². The number of carbonyl (C=O) groups excluding carboxylic acids is 1. The Morgan fingerprint density at radius 3 is 2.62 bits per heavy atom. The minimum Gasteiger partial charge on any atom is -0.402 e. The minimum absolute atomic E-state index is 0.187. The average molecular weight is 346 g/mol. The molecule has 2 aromatic carbocycles. The summed E-state index contributed by atoms with van der Waals surface area (Å²) < 4.78 is 18.7. The van der Waals surface area contributed by atoms with E-state index < -0.39 is 5.97 Å². The lowest BCUT2D eigenvalue weighted by atomic mass is 10.2. The minimum atomic E-state index is -0.519. The van der Waals surface area contributed by atoms with Crippen LogP contribution < -0.4 is 0 Å². The third kappa shape index (κ3) is 2.92. The van der Waals surface area contributed by atoms with Crippen LogP contribution in [0.4, 0.5) is 4.39 Å². The van der Waals surface area contributed by atoms with Crippen LogP contribution in [-0.2, 0) is 9.53 Å². The van der Waals surface area contributed by atoms with E-state index in [0.29, 0.717) is 10.0 Å². The summed E-state index contributed by atoms with van der Waals surface area (Å²) in [7, 11) is 0. The second-order valence-corrected chi connectivity index (χ2v) is 5.23. The molecule has 3 nitrogen and oxygen atoms in total. The van der Waals surface area contributed by atoms with Gasteiger partial charge in [-0.05, 0) is 51.8 Å². The summed E-state index contributed by atoms with van der Waals surface area (Å²) in [5.41, 5.74) is 1.58. The Balaban J connectivity index is 1.95. The normalized spacial score (nSPS) is 16.0. The monoisotopic (exact) mass is 345 g/mol. The van der Waals surface area contributed by atoms with E-state index in [1.54, 1.807) is 18.2 Å². The topological polar surface area (TPSA) is 38.7 Å². The first-order valence-electron chi connectivity index (χ1n) is 6.16. The zero-order valence-corrected chi connectivity index (χ0v) is 12.3. The molecule has 5 heteroatoms. The van der Waals surface area contributed by atoms with Gasteiger partial charge in [-0.3, -0.25) is 0 Å². The molecule has 0 saturated carbocycles. The zero-order valence-electron chi connectivity index (χ0n) is 10.7. The summed E-state index contributed by atoms with van der Waals surface area (Å²) in [5, 5.41) is 0. The lowest BCUT2D eigenvalue weighted by Crippen LogP contribution is -2.04. The van der Waals surface area contributed by atoms with Crippen molar-refractivity contribution >= 4 is 33.9 Å². The molecular weight excluding hydrogens is 337 g/mol. The third-order valence-electron chi connectivity index (χ3n) is 2.89.